The monoisotopic (exact) mass is 355 g/mol. The molecule has 0 amide bonds. The van der Waals surface area contributed by atoms with Crippen LogP contribution in [0.15, 0.2) is 6.07 Å². The predicted molar refractivity (Wildman–Crippen MR) is 91.7 cm³/mol. The molecular formula is C15H21Cl4N. The predicted octanol–water partition coefficient (Wildman–Crippen LogP) is 6.26. The molecule has 114 valence electrons. The minimum absolute atomic E-state index is 0.395. The van der Waals surface area contributed by atoms with Gasteiger partial charge in [-0.05, 0) is 49.9 Å². The van der Waals surface area contributed by atoms with Gasteiger partial charge in [-0.25, -0.2) is 0 Å². The molecule has 1 N–H and O–H groups in total. The summed E-state index contributed by atoms with van der Waals surface area (Å²) in [6, 6.07) is 1.66. The Hall–Kier alpha value is 0.340. The molecule has 1 nitrogen and oxygen atoms in total. The molecule has 0 unspecified atom stereocenters. The van der Waals surface area contributed by atoms with E-state index in [0.717, 1.165) is 44.3 Å². The minimum Gasteiger partial charge on any atom is -0.316 e. The van der Waals surface area contributed by atoms with Crippen molar-refractivity contribution >= 4 is 46.4 Å². The number of nitrogens with one attached hydrogen (secondary N) is 1. The molecule has 0 aromatic heterocycles. The molecule has 5 heteroatoms. The summed E-state index contributed by atoms with van der Waals surface area (Å²) < 4.78 is 0. The van der Waals surface area contributed by atoms with Gasteiger partial charge in [0.15, 0.2) is 0 Å². The fourth-order valence-electron chi connectivity index (χ4n) is 1.95. The first-order valence-corrected chi connectivity index (χ1v) is 8.47. The van der Waals surface area contributed by atoms with E-state index < -0.39 is 0 Å². The van der Waals surface area contributed by atoms with Crippen LogP contribution in [0.4, 0.5) is 0 Å². The quantitative estimate of drug-likeness (QED) is 0.329. The highest BCUT2D eigenvalue weighted by atomic mass is 35.5. The van der Waals surface area contributed by atoms with Gasteiger partial charge in [0.2, 0.25) is 0 Å². The highest BCUT2D eigenvalue weighted by molar-refractivity contribution is 6.49. The SMILES string of the molecule is CC(C)CNCCCCCc1c(Cl)cc(Cl)c(Cl)c1Cl. The topological polar surface area (TPSA) is 12.0 Å². The summed E-state index contributed by atoms with van der Waals surface area (Å²) in [5, 5.41) is 5.32. The van der Waals surface area contributed by atoms with Crippen LogP contribution >= 0.6 is 46.4 Å². The summed E-state index contributed by atoms with van der Waals surface area (Å²) in [6.07, 6.45) is 4.17. The van der Waals surface area contributed by atoms with Crippen molar-refractivity contribution in [3.8, 4) is 0 Å². The zero-order chi connectivity index (χ0) is 15.1. The average Bonchev–Trinajstić information content (AvgIpc) is 2.38. The highest BCUT2D eigenvalue weighted by Crippen LogP contribution is 2.38. The fraction of sp³-hybridized carbons (Fsp3) is 0.600. The maximum absolute atomic E-state index is 6.19. The van der Waals surface area contributed by atoms with Gasteiger partial charge in [0, 0.05) is 5.02 Å². The van der Waals surface area contributed by atoms with Gasteiger partial charge >= 0.3 is 0 Å². The molecule has 0 saturated heterocycles. The van der Waals surface area contributed by atoms with Gasteiger partial charge in [-0.1, -0.05) is 66.7 Å². The van der Waals surface area contributed by atoms with E-state index >= 15 is 0 Å². The molecule has 0 atom stereocenters. The van der Waals surface area contributed by atoms with Crippen LogP contribution in [0, 0.1) is 5.92 Å². The van der Waals surface area contributed by atoms with Gasteiger partial charge in [-0.3, -0.25) is 0 Å². The molecule has 0 bridgehead atoms. The van der Waals surface area contributed by atoms with Crippen LogP contribution < -0.4 is 5.32 Å². The highest BCUT2D eigenvalue weighted by Gasteiger charge is 2.13. The zero-order valence-electron chi connectivity index (χ0n) is 11.9. The van der Waals surface area contributed by atoms with Gasteiger partial charge in [0.25, 0.3) is 0 Å². The van der Waals surface area contributed by atoms with E-state index in [1.807, 2.05) is 0 Å². The lowest BCUT2D eigenvalue weighted by molar-refractivity contribution is 0.530. The molecule has 0 aliphatic carbocycles. The molecule has 0 aliphatic heterocycles. The van der Waals surface area contributed by atoms with Crippen LogP contribution in [0.3, 0.4) is 0 Å². The normalized spacial score (nSPS) is 11.3. The van der Waals surface area contributed by atoms with Gasteiger partial charge in [0.1, 0.15) is 0 Å². The van der Waals surface area contributed by atoms with Gasteiger partial charge < -0.3 is 5.32 Å². The van der Waals surface area contributed by atoms with Crippen molar-refractivity contribution in [2.45, 2.75) is 39.5 Å². The minimum atomic E-state index is 0.395. The molecule has 0 radical (unpaired) electrons. The Balaban J connectivity index is 2.34. The number of hydrogen-bond donors (Lipinski definition) is 1. The molecular weight excluding hydrogens is 336 g/mol. The molecule has 20 heavy (non-hydrogen) atoms. The van der Waals surface area contributed by atoms with Crippen molar-refractivity contribution in [1.29, 1.82) is 0 Å². The fourth-order valence-corrected chi connectivity index (χ4v) is 3.07. The second kappa shape index (κ2) is 9.38. The summed E-state index contributed by atoms with van der Waals surface area (Å²) in [7, 11) is 0. The van der Waals surface area contributed by atoms with Gasteiger partial charge in [-0.2, -0.15) is 0 Å². The van der Waals surface area contributed by atoms with E-state index in [2.05, 4.69) is 19.2 Å². The maximum Gasteiger partial charge on any atom is 0.0782 e. The molecule has 1 rings (SSSR count). The van der Waals surface area contributed by atoms with Crippen LogP contribution in [-0.4, -0.2) is 13.1 Å². The summed E-state index contributed by atoms with van der Waals surface area (Å²) in [5.41, 5.74) is 0.901. The van der Waals surface area contributed by atoms with Crippen LogP contribution in [0.2, 0.25) is 20.1 Å². The third-order valence-electron chi connectivity index (χ3n) is 3.04. The van der Waals surface area contributed by atoms with Crippen molar-refractivity contribution in [2.75, 3.05) is 13.1 Å². The maximum atomic E-state index is 6.19. The van der Waals surface area contributed by atoms with E-state index in [9.17, 15) is 0 Å². The lowest BCUT2D eigenvalue weighted by Gasteiger charge is -2.10. The van der Waals surface area contributed by atoms with E-state index in [1.54, 1.807) is 6.07 Å². The standard InChI is InChI=1S/C15H21Cl4N/c1-10(2)9-20-7-5-3-4-6-11-12(16)8-13(17)15(19)14(11)18/h8,10,20H,3-7,9H2,1-2H3. The summed E-state index contributed by atoms with van der Waals surface area (Å²) in [4.78, 5) is 0. The second-order valence-corrected chi connectivity index (χ2v) is 6.93. The second-order valence-electron chi connectivity index (χ2n) is 5.36. The first-order valence-electron chi connectivity index (χ1n) is 6.96. The average molecular weight is 357 g/mol. The number of benzene rings is 1. The van der Waals surface area contributed by atoms with Crippen molar-refractivity contribution in [3.05, 3.63) is 31.7 Å². The van der Waals surface area contributed by atoms with E-state index in [0.29, 0.717) is 26.0 Å². The molecule has 0 heterocycles. The lowest BCUT2D eigenvalue weighted by Crippen LogP contribution is -2.20. The Labute approximate surface area is 141 Å². The molecule has 1 aromatic carbocycles. The summed E-state index contributed by atoms with van der Waals surface area (Å²) in [6.45, 7) is 6.55. The first kappa shape index (κ1) is 18.4. The van der Waals surface area contributed by atoms with E-state index in [4.69, 9.17) is 46.4 Å². The Morgan fingerprint density at radius 3 is 2.30 bits per heavy atom. The van der Waals surface area contributed by atoms with Crippen molar-refractivity contribution in [1.82, 2.24) is 5.32 Å². The van der Waals surface area contributed by atoms with Crippen LogP contribution in [-0.2, 0) is 6.42 Å². The zero-order valence-corrected chi connectivity index (χ0v) is 14.9. The smallest absolute Gasteiger partial charge is 0.0782 e. The Morgan fingerprint density at radius 1 is 0.950 bits per heavy atom. The van der Waals surface area contributed by atoms with Crippen molar-refractivity contribution in [3.63, 3.8) is 0 Å². The largest absolute Gasteiger partial charge is 0.316 e. The van der Waals surface area contributed by atoms with E-state index in [-0.39, 0.29) is 0 Å². The van der Waals surface area contributed by atoms with Crippen molar-refractivity contribution < 1.29 is 0 Å². The number of rotatable bonds is 8. The Morgan fingerprint density at radius 2 is 1.65 bits per heavy atom. The number of halogens is 4. The van der Waals surface area contributed by atoms with Gasteiger partial charge in [0.05, 0.1) is 15.1 Å². The molecule has 1 aromatic rings. The molecule has 0 saturated carbocycles. The summed E-state index contributed by atoms with van der Waals surface area (Å²) >= 11 is 24.3. The van der Waals surface area contributed by atoms with E-state index in [1.165, 1.54) is 0 Å². The molecule has 0 aliphatic rings. The molecule has 0 spiro atoms. The Kier molecular flexibility index (Phi) is 8.62. The Bertz CT molecular complexity index is 432. The number of unbranched alkanes of at least 4 members (excludes halogenated alkanes) is 2. The van der Waals surface area contributed by atoms with Crippen LogP contribution in [0.5, 0.6) is 0 Å². The summed E-state index contributed by atoms with van der Waals surface area (Å²) in [5.74, 6) is 0.698. The lowest BCUT2D eigenvalue weighted by atomic mass is 10.1. The first-order chi connectivity index (χ1) is 9.43. The number of hydrogen-bond acceptors (Lipinski definition) is 1. The third-order valence-corrected chi connectivity index (χ3v) is 4.68. The molecule has 0 fully saturated rings. The van der Waals surface area contributed by atoms with Gasteiger partial charge in [-0.15, -0.1) is 0 Å². The third kappa shape index (κ3) is 5.99. The van der Waals surface area contributed by atoms with Crippen molar-refractivity contribution in [2.24, 2.45) is 5.92 Å². The van der Waals surface area contributed by atoms with Crippen LogP contribution in [0.25, 0.3) is 0 Å². The van der Waals surface area contributed by atoms with Crippen LogP contribution in [0.1, 0.15) is 38.7 Å².